The van der Waals surface area contributed by atoms with Crippen molar-refractivity contribution in [1.82, 2.24) is 0 Å². The van der Waals surface area contributed by atoms with Crippen LogP contribution in [0.25, 0.3) is 0 Å². The molecule has 0 aliphatic carbocycles. The van der Waals surface area contributed by atoms with Crippen LogP contribution in [0.3, 0.4) is 0 Å². The first-order valence-corrected chi connectivity index (χ1v) is 4.43. The van der Waals surface area contributed by atoms with Gasteiger partial charge >= 0.3 is 0 Å². The van der Waals surface area contributed by atoms with Gasteiger partial charge in [-0.1, -0.05) is 13.0 Å². The lowest BCUT2D eigenvalue weighted by Gasteiger charge is -1.87. The van der Waals surface area contributed by atoms with Crippen molar-refractivity contribution in [3.63, 3.8) is 0 Å². The Morgan fingerprint density at radius 2 is 2.11 bits per heavy atom. The van der Waals surface area contributed by atoms with E-state index in [0.29, 0.717) is 0 Å². The van der Waals surface area contributed by atoms with Crippen LogP contribution < -0.4 is 5.73 Å². The minimum absolute atomic E-state index is 0.142. The molecule has 2 N–H and O–H groups in total. The third kappa shape index (κ3) is 4.17. The van der Waals surface area contributed by atoms with E-state index in [2.05, 4.69) is 0 Å². The molecular weight excluding hydrogens is 138 g/mol. The Hall–Kier alpha value is -0.350. The molecule has 0 saturated heterocycles. The summed E-state index contributed by atoms with van der Waals surface area (Å²) in [6.45, 7) is 1.87. The second-order valence-corrected chi connectivity index (χ2v) is 3.73. The minimum Gasteiger partial charge on any atom is -0.327 e. The lowest BCUT2D eigenvalue weighted by molar-refractivity contribution is 0.605. The molecule has 0 aromatic rings. The molecule has 0 rings (SSSR count). The maximum absolute atomic E-state index is 10.6. The molecule has 0 spiro atoms. The fourth-order valence-electron chi connectivity index (χ4n) is 0.298. The summed E-state index contributed by atoms with van der Waals surface area (Å²) in [7, 11) is -2.94. The van der Waals surface area contributed by atoms with Gasteiger partial charge in [-0.05, 0) is 0 Å². The van der Waals surface area contributed by atoms with E-state index in [-0.39, 0.29) is 12.3 Å². The summed E-state index contributed by atoms with van der Waals surface area (Å²) in [6.07, 6.45) is 1.43. The second-order valence-electron chi connectivity index (χ2n) is 1.56. The molecule has 0 saturated carbocycles. The molecule has 0 aliphatic heterocycles. The van der Waals surface area contributed by atoms with Crippen molar-refractivity contribution in [1.29, 1.82) is 0 Å². The van der Waals surface area contributed by atoms with E-state index in [1.54, 1.807) is 6.92 Å². The van der Waals surface area contributed by atoms with Crippen LogP contribution in [-0.4, -0.2) is 20.7 Å². The minimum atomic E-state index is -2.94. The number of sulfone groups is 1. The standard InChI is InChI=1S/C5H11NO2S/c1-2-9(7,8)5-3-4-6/h3,5H,2,4,6H2,1H3. The molecular formula is C5H11NO2S. The van der Waals surface area contributed by atoms with Gasteiger partial charge in [0.15, 0.2) is 9.84 Å². The van der Waals surface area contributed by atoms with E-state index in [0.717, 1.165) is 5.41 Å². The first-order chi connectivity index (χ1) is 4.12. The summed E-state index contributed by atoms with van der Waals surface area (Å²) in [6, 6.07) is 0. The topological polar surface area (TPSA) is 60.2 Å². The SMILES string of the molecule is CCS(=O)(=O)C=CCN. The largest absolute Gasteiger partial charge is 0.327 e. The molecule has 0 aliphatic rings. The Bertz CT molecular complexity index is 181. The quantitative estimate of drug-likeness (QED) is 0.609. The highest BCUT2D eigenvalue weighted by atomic mass is 32.2. The van der Waals surface area contributed by atoms with Gasteiger partial charge in [0, 0.05) is 12.0 Å². The van der Waals surface area contributed by atoms with Gasteiger partial charge in [0.25, 0.3) is 0 Å². The predicted octanol–water partition coefficient (Wildman–Crippen LogP) is -0.106. The van der Waals surface area contributed by atoms with Crippen molar-refractivity contribution < 1.29 is 8.42 Å². The van der Waals surface area contributed by atoms with Crippen molar-refractivity contribution in [2.45, 2.75) is 6.92 Å². The lowest BCUT2D eigenvalue weighted by atomic mass is 10.7. The number of nitrogens with two attached hydrogens (primary N) is 1. The van der Waals surface area contributed by atoms with Crippen LogP contribution in [0.15, 0.2) is 11.5 Å². The maximum atomic E-state index is 10.6. The van der Waals surface area contributed by atoms with Gasteiger partial charge in [-0.2, -0.15) is 0 Å². The molecule has 0 heterocycles. The van der Waals surface area contributed by atoms with Crippen LogP contribution >= 0.6 is 0 Å². The van der Waals surface area contributed by atoms with Gasteiger partial charge in [-0.15, -0.1) is 0 Å². The molecule has 0 aromatic carbocycles. The van der Waals surface area contributed by atoms with Crippen molar-refractivity contribution >= 4 is 9.84 Å². The van der Waals surface area contributed by atoms with Gasteiger partial charge in [-0.3, -0.25) is 0 Å². The molecule has 0 bridgehead atoms. The molecule has 4 heteroatoms. The van der Waals surface area contributed by atoms with Gasteiger partial charge in [0.2, 0.25) is 0 Å². The highest BCUT2D eigenvalue weighted by molar-refractivity contribution is 7.94. The van der Waals surface area contributed by atoms with Gasteiger partial charge in [0.1, 0.15) is 0 Å². The fraction of sp³-hybridized carbons (Fsp3) is 0.600. The van der Waals surface area contributed by atoms with E-state index < -0.39 is 9.84 Å². The van der Waals surface area contributed by atoms with Crippen LogP contribution in [-0.2, 0) is 9.84 Å². The van der Waals surface area contributed by atoms with Crippen molar-refractivity contribution in [3.8, 4) is 0 Å². The lowest BCUT2D eigenvalue weighted by Crippen LogP contribution is -2.00. The highest BCUT2D eigenvalue weighted by Crippen LogP contribution is 1.89. The summed E-state index contributed by atoms with van der Waals surface area (Å²) in [5, 5.41) is 1.15. The van der Waals surface area contributed by atoms with Crippen LogP contribution in [0.1, 0.15) is 6.92 Å². The average molecular weight is 149 g/mol. The normalized spacial score (nSPS) is 12.7. The van der Waals surface area contributed by atoms with E-state index >= 15 is 0 Å². The molecule has 0 amide bonds. The summed E-state index contributed by atoms with van der Waals surface area (Å²) in [5.74, 6) is 0.142. The molecule has 3 nitrogen and oxygen atoms in total. The third-order valence-electron chi connectivity index (χ3n) is 0.842. The second kappa shape index (κ2) is 3.63. The van der Waals surface area contributed by atoms with Gasteiger partial charge in [0.05, 0.1) is 5.75 Å². The Labute approximate surface area is 55.5 Å². The zero-order valence-corrected chi connectivity index (χ0v) is 6.19. The molecule has 0 atom stereocenters. The summed E-state index contributed by atoms with van der Waals surface area (Å²) < 4.78 is 21.2. The zero-order valence-electron chi connectivity index (χ0n) is 5.37. The van der Waals surface area contributed by atoms with Crippen LogP contribution in [0.5, 0.6) is 0 Å². The van der Waals surface area contributed by atoms with E-state index in [1.807, 2.05) is 0 Å². The molecule has 54 valence electrons. The average Bonchev–Trinajstić information content (AvgIpc) is 1.84. The highest BCUT2D eigenvalue weighted by Gasteiger charge is 1.97. The van der Waals surface area contributed by atoms with Crippen molar-refractivity contribution in [2.24, 2.45) is 5.73 Å². The third-order valence-corrected chi connectivity index (χ3v) is 2.25. The number of hydrogen-bond acceptors (Lipinski definition) is 3. The summed E-state index contributed by atoms with van der Waals surface area (Å²) in [4.78, 5) is 0. The Morgan fingerprint density at radius 1 is 1.56 bits per heavy atom. The van der Waals surface area contributed by atoms with Crippen molar-refractivity contribution in [3.05, 3.63) is 11.5 Å². The Kier molecular flexibility index (Phi) is 3.49. The summed E-state index contributed by atoms with van der Waals surface area (Å²) in [5.41, 5.74) is 5.04. The molecule has 0 aromatic heterocycles. The Morgan fingerprint density at radius 3 is 2.44 bits per heavy atom. The summed E-state index contributed by atoms with van der Waals surface area (Å²) >= 11 is 0. The number of hydrogen-bond donors (Lipinski definition) is 1. The van der Waals surface area contributed by atoms with Crippen LogP contribution in [0.2, 0.25) is 0 Å². The number of rotatable bonds is 3. The molecule has 9 heavy (non-hydrogen) atoms. The van der Waals surface area contributed by atoms with E-state index in [9.17, 15) is 8.42 Å². The monoisotopic (exact) mass is 149 g/mol. The molecule has 0 radical (unpaired) electrons. The first-order valence-electron chi connectivity index (χ1n) is 2.71. The smallest absolute Gasteiger partial charge is 0.171 e. The molecule has 0 fully saturated rings. The van der Waals surface area contributed by atoms with E-state index in [1.165, 1.54) is 6.08 Å². The predicted molar refractivity (Wildman–Crippen MR) is 37.7 cm³/mol. The maximum Gasteiger partial charge on any atom is 0.171 e. The fourth-order valence-corrected chi connectivity index (χ4v) is 0.895. The van der Waals surface area contributed by atoms with Crippen LogP contribution in [0, 0.1) is 0 Å². The van der Waals surface area contributed by atoms with E-state index in [4.69, 9.17) is 5.73 Å². The van der Waals surface area contributed by atoms with Crippen molar-refractivity contribution in [2.75, 3.05) is 12.3 Å². The molecule has 0 unspecified atom stereocenters. The van der Waals surface area contributed by atoms with Gasteiger partial charge < -0.3 is 5.73 Å². The zero-order chi connectivity index (χ0) is 7.33. The van der Waals surface area contributed by atoms with Crippen LogP contribution in [0.4, 0.5) is 0 Å². The Balaban J connectivity index is 4.04. The van der Waals surface area contributed by atoms with Gasteiger partial charge in [-0.25, -0.2) is 8.42 Å². The first kappa shape index (κ1) is 8.65.